The molecule has 0 amide bonds. The summed E-state index contributed by atoms with van der Waals surface area (Å²) in [7, 11) is 1.74. The topological polar surface area (TPSA) is 83.2 Å². The average molecular weight is 654 g/mol. The first kappa shape index (κ1) is 31.1. The van der Waals surface area contributed by atoms with Crippen LogP contribution in [0.3, 0.4) is 0 Å². The molecular formula is C38H44FN5O4. The summed E-state index contributed by atoms with van der Waals surface area (Å²) in [5.74, 6) is 2.17. The number of aromatic amines is 1. The van der Waals surface area contributed by atoms with Gasteiger partial charge in [0.1, 0.15) is 23.0 Å². The number of hydrogen-bond donors (Lipinski definition) is 1. The lowest BCUT2D eigenvalue weighted by Gasteiger charge is -2.62. The minimum absolute atomic E-state index is 0.312. The third-order valence-corrected chi connectivity index (χ3v) is 11.0. The van der Waals surface area contributed by atoms with Gasteiger partial charge in [-0.25, -0.2) is 9.37 Å². The highest BCUT2D eigenvalue weighted by Crippen LogP contribution is 2.52. The first-order valence-electron chi connectivity index (χ1n) is 17.4. The number of nitrogens with zero attached hydrogens (tertiary/aromatic N) is 4. The maximum absolute atomic E-state index is 14.1. The molecule has 2 aromatic heterocycles. The summed E-state index contributed by atoms with van der Waals surface area (Å²) in [5, 5.41) is 0.354. The fraction of sp³-hybridized carbons (Fsp3) is 0.474. The van der Waals surface area contributed by atoms with E-state index in [1.807, 2.05) is 12.1 Å². The number of H-pyrrole nitrogens is 1. The molecule has 4 aromatic rings. The number of pyridine rings is 1. The second-order valence-electron chi connectivity index (χ2n) is 14.2. The Bertz CT molecular complexity index is 1770. The lowest BCUT2D eigenvalue weighted by molar-refractivity contribution is -0.0380. The molecule has 2 saturated carbocycles. The van der Waals surface area contributed by atoms with Gasteiger partial charge in [0.15, 0.2) is 17.8 Å². The molecule has 4 aliphatic rings. The number of ether oxygens (including phenoxy) is 3. The largest absolute Gasteiger partial charge is 0.493 e. The van der Waals surface area contributed by atoms with Crippen LogP contribution in [-0.4, -0.2) is 84.6 Å². The minimum Gasteiger partial charge on any atom is -0.493 e. The highest BCUT2D eigenvalue weighted by molar-refractivity contribution is 5.82. The van der Waals surface area contributed by atoms with Crippen LogP contribution in [-0.2, 0) is 6.54 Å². The Balaban J connectivity index is 0.814. The van der Waals surface area contributed by atoms with Gasteiger partial charge in [0, 0.05) is 75.2 Å². The molecule has 0 bridgehead atoms. The van der Waals surface area contributed by atoms with Gasteiger partial charge in [-0.2, -0.15) is 0 Å². The molecule has 48 heavy (non-hydrogen) atoms. The van der Waals surface area contributed by atoms with Gasteiger partial charge < -0.3 is 24.1 Å². The number of halogens is 1. The van der Waals surface area contributed by atoms with E-state index in [-0.39, 0.29) is 5.82 Å². The van der Waals surface area contributed by atoms with Crippen molar-refractivity contribution in [2.24, 2.45) is 5.41 Å². The number of anilines is 1. The zero-order chi connectivity index (χ0) is 32.7. The van der Waals surface area contributed by atoms with Gasteiger partial charge in [0.25, 0.3) is 0 Å². The molecular weight excluding hydrogens is 609 g/mol. The Kier molecular flexibility index (Phi) is 8.46. The third-order valence-electron chi connectivity index (χ3n) is 11.0. The van der Waals surface area contributed by atoms with Crippen molar-refractivity contribution in [1.82, 2.24) is 19.8 Å². The van der Waals surface area contributed by atoms with Crippen LogP contribution < -0.4 is 19.1 Å². The molecule has 9 nitrogen and oxygen atoms in total. The van der Waals surface area contributed by atoms with Crippen molar-refractivity contribution in [2.45, 2.75) is 63.6 Å². The molecule has 2 saturated heterocycles. The van der Waals surface area contributed by atoms with Crippen molar-refractivity contribution in [3.63, 3.8) is 0 Å². The maximum atomic E-state index is 14.1. The number of rotatable bonds is 10. The number of benzene rings is 2. The van der Waals surface area contributed by atoms with Crippen molar-refractivity contribution in [3.8, 4) is 23.0 Å². The van der Waals surface area contributed by atoms with Gasteiger partial charge in [0.05, 0.1) is 30.4 Å². The molecule has 8 rings (SSSR count). The zero-order valence-corrected chi connectivity index (χ0v) is 27.6. The molecule has 1 N–H and O–H groups in total. The van der Waals surface area contributed by atoms with Crippen molar-refractivity contribution < 1.29 is 23.4 Å². The highest BCUT2D eigenvalue weighted by atomic mass is 19.1. The molecule has 252 valence electrons. The number of carbonyl (C=O) groups excluding carboxylic acids is 1. The Labute approximate surface area is 281 Å². The third kappa shape index (κ3) is 6.23. The van der Waals surface area contributed by atoms with Crippen LogP contribution in [0.25, 0.3) is 11.0 Å². The molecule has 2 aliphatic heterocycles. The van der Waals surface area contributed by atoms with Crippen LogP contribution in [0.4, 0.5) is 10.1 Å². The van der Waals surface area contributed by atoms with Crippen LogP contribution in [0.15, 0.2) is 54.9 Å². The number of hydrogen-bond acceptors (Lipinski definition) is 8. The number of aromatic nitrogens is 2. The van der Waals surface area contributed by atoms with E-state index in [2.05, 4.69) is 42.9 Å². The monoisotopic (exact) mass is 653 g/mol. The maximum Gasteiger partial charge on any atom is 0.161 e. The fourth-order valence-corrected chi connectivity index (χ4v) is 8.26. The summed E-state index contributed by atoms with van der Waals surface area (Å²) in [4.78, 5) is 26.4. The van der Waals surface area contributed by atoms with Crippen LogP contribution in [0, 0.1) is 11.2 Å². The summed E-state index contributed by atoms with van der Waals surface area (Å²) < 4.78 is 32.2. The van der Waals surface area contributed by atoms with E-state index in [9.17, 15) is 9.18 Å². The summed E-state index contributed by atoms with van der Waals surface area (Å²) >= 11 is 0. The number of methoxy groups -OCH3 is 1. The molecule has 4 fully saturated rings. The highest BCUT2D eigenvalue weighted by Gasteiger charge is 2.54. The Hall–Kier alpha value is -4.15. The average Bonchev–Trinajstić information content (AvgIpc) is 3.45. The van der Waals surface area contributed by atoms with Gasteiger partial charge in [-0.1, -0.05) is 12.5 Å². The second-order valence-corrected chi connectivity index (χ2v) is 14.2. The van der Waals surface area contributed by atoms with Gasteiger partial charge in [-0.05, 0) is 74.4 Å². The molecule has 2 aromatic carbocycles. The van der Waals surface area contributed by atoms with Crippen molar-refractivity contribution >= 4 is 23.0 Å². The molecule has 10 heteroatoms. The summed E-state index contributed by atoms with van der Waals surface area (Å²) in [5.41, 5.74) is 3.58. The lowest BCUT2D eigenvalue weighted by Crippen LogP contribution is -2.68. The summed E-state index contributed by atoms with van der Waals surface area (Å²) in [6, 6.07) is 14.4. The minimum atomic E-state index is -0.388. The Morgan fingerprint density at radius 1 is 0.979 bits per heavy atom. The predicted octanol–water partition coefficient (Wildman–Crippen LogP) is 6.81. The first-order chi connectivity index (χ1) is 23.5. The van der Waals surface area contributed by atoms with E-state index in [1.165, 1.54) is 50.1 Å². The van der Waals surface area contributed by atoms with Gasteiger partial charge >= 0.3 is 0 Å². The quantitative estimate of drug-likeness (QED) is 0.187. The molecule has 1 spiro atoms. The Morgan fingerprint density at radius 2 is 1.79 bits per heavy atom. The van der Waals surface area contributed by atoms with Gasteiger partial charge in [-0.3, -0.25) is 14.6 Å². The SMILES string of the molecule is COc1cc(CN2CCN(C3CC4(C3)CN(c3ccc(C=O)c(Oc5cnc6[nH]cc(F)c6c5)c3)C4)CC2)ccc1OC1CCCCC1. The Morgan fingerprint density at radius 3 is 2.56 bits per heavy atom. The molecule has 4 heterocycles. The zero-order valence-electron chi connectivity index (χ0n) is 27.6. The second kappa shape index (κ2) is 13.0. The molecule has 0 radical (unpaired) electrons. The van der Waals surface area contributed by atoms with Crippen LogP contribution in [0.2, 0.25) is 0 Å². The van der Waals surface area contributed by atoms with Crippen LogP contribution in [0.5, 0.6) is 23.0 Å². The first-order valence-corrected chi connectivity index (χ1v) is 17.4. The molecule has 0 unspecified atom stereocenters. The molecule has 0 atom stereocenters. The van der Waals surface area contributed by atoms with E-state index >= 15 is 0 Å². The van der Waals surface area contributed by atoms with Crippen molar-refractivity contribution in [3.05, 3.63) is 71.8 Å². The number of piperazine rings is 1. The van der Waals surface area contributed by atoms with E-state index in [4.69, 9.17) is 14.2 Å². The van der Waals surface area contributed by atoms with Gasteiger partial charge in [0.2, 0.25) is 0 Å². The number of aldehydes is 1. The van der Waals surface area contributed by atoms with E-state index in [0.717, 1.165) is 82.1 Å². The fourth-order valence-electron chi connectivity index (χ4n) is 8.26. The van der Waals surface area contributed by atoms with Gasteiger partial charge in [-0.15, -0.1) is 0 Å². The van der Waals surface area contributed by atoms with Crippen molar-refractivity contribution in [2.75, 3.05) is 51.3 Å². The van der Waals surface area contributed by atoms with E-state index in [1.54, 1.807) is 19.2 Å². The van der Waals surface area contributed by atoms with Crippen LogP contribution in [0.1, 0.15) is 60.9 Å². The standard InChI is InChI=1S/C38H44FN5O4/c1-46-36-15-26(7-10-34(36)47-30-5-3-2-4-6-30)22-42-11-13-43(14-12-42)29-18-38(19-29)24-44(25-38)28-9-8-27(23-45)35(16-28)48-31-17-32-33(39)21-41-37(32)40-20-31/h7-10,15-17,20-21,23,29-30H,2-6,11-14,18-19,22,24-25H2,1H3,(H,40,41). The van der Waals surface area contributed by atoms with E-state index < -0.39 is 0 Å². The molecule has 2 aliphatic carbocycles. The van der Waals surface area contributed by atoms with Crippen molar-refractivity contribution in [1.29, 1.82) is 0 Å². The number of nitrogens with one attached hydrogen (secondary N) is 1. The van der Waals surface area contributed by atoms with Crippen LogP contribution >= 0.6 is 0 Å². The normalized spacial score (nSPS) is 20.4. The predicted molar refractivity (Wildman–Crippen MR) is 183 cm³/mol. The summed E-state index contributed by atoms with van der Waals surface area (Å²) in [6.45, 7) is 7.30. The summed E-state index contributed by atoms with van der Waals surface area (Å²) in [6.07, 6.45) is 12.5. The number of carbonyl (C=O) groups is 1. The van der Waals surface area contributed by atoms with E-state index in [0.29, 0.717) is 45.7 Å². The lowest BCUT2D eigenvalue weighted by atomic mass is 9.60. The number of fused-ring (bicyclic) bond motifs is 1. The smallest absolute Gasteiger partial charge is 0.161 e.